The van der Waals surface area contributed by atoms with Crippen molar-refractivity contribution in [3.8, 4) is 5.75 Å². The smallest absolute Gasteiger partial charge is 0.261 e. The summed E-state index contributed by atoms with van der Waals surface area (Å²) in [6.07, 6.45) is -0.550. The van der Waals surface area contributed by atoms with Gasteiger partial charge in [0.15, 0.2) is 11.4 Å². The number of hydrogen-bond acceptors (Lipinski definition) is 7. The molecule has 8 nitrogen and oxygen atoms in total. The highest BCUT2D eigenvalue weighted by Gasteiger charge is 2.39. The molecule has 0 aromatic carbocycles. The molecule has 24 heavy (non-hydrogen) atoms. The van der Waals surface area contributed by atoms with E-state index >= 15 is 0 Å². The molecule has 1 unspecified atom stereocenters. The topological polar surface area (TPSA) is 114 Å². The Bertz CT molecular complexity index is 777. The highest BCUT2D eigenvalue weighted by atomic mass is 16.7. The van der Waals surface area contributed by atoms with Gasteiger partial charge in [-0.05, 0) is 18.6 Å². The van der Waals surface area contributed by atoms with Crippen molar-refractivity contribution in [1.82, 2.24) is 9.38 Å². The molecule has 0 aliphatic carbocycles. The molecule has 1 aliphatic rings. The SMILES string of the molecule is CCCc1cnc2c(O[C@@H]3OC[C@@H](O)[C@H](O)C3O)cccn2c1=O. The molecule has 0 spiro atoms. The normalized spacial score (nSPS) is 27.3. The van der Waals surface area contributed by atoms with Crippen LogP contribution in [0.4, 0.5) is 0 Å². The van der Waals surface area contributed by atoms with Crippen LogP contribution in [-0.2, 0) is 11.2 Å². The molecule has 0 radical (unpaired) electrons. The van der Waals surface area contributed by atoms with E-state index in [2.05, 4.69) is 4.98 Å². The fraction of sp³-hybridized carbons (Fsp3) is 0.500. The van der Waals surface area contributed by atoms with Gasteiger partial charge in [0.2, 0.25) is 6.29 Å². The Balaban J connectivity index is 1.93. The maximum Gasteiger partial charge on any atom is 0.261 e. The van der Waals surface area contributed by atoms with Gasteiger partial charge in [-0.25, -0.2) is 4.98 Å². The number of fused-ring (bicyclic) bond motifs is 1. The highest BCUT2D eigenvalue weighted by molar-refractivity contribution is 5.53. The minimum atomic E-state index is -1.42. The Labute approximate surface area is 137 Å². The Morgan fingerprint density at radius 1 is 1.38 bits per heavy atom. The molecule has 1 aliphatic heterocycles. The number of nitrogens with zero attached hydrogens (tertiary/aromatic N) is 2. The van der Waals surface area contributed by atoms with E-state index in [4.69, 9.17) is 9.47 Å². The fourth-order valence-electron chi connectivity index (χ4n) is 2.66. The molecule has 3 heterocycles. The average Bonchev–Trinajstić information content (AvgIpc) is 2.58. The van der Waals surface area contributed by atoms with Crippen molar-refractivity contribution < 1.29 is 24.8 Å². The van der Waals surface area contributed by atoms with Gasteiger partial charge in [0, 0.05) is 18.0 Å². The van der Waals surface area contributed by atoms with Gasteiger partial charge < -0.3 is 24.8 Å². The number of pyridine rings is 1. The number of rotatable bonds is 4. The standard InChI is InChI=1S/C16H20N2O6/c1-2-4-9-7-17-14-11(5-3-6-18(14)15(9)22)24-16-13(21)12(20)10(19)8-23-16/h3,5-7,10,12-13,16,19-21H,2,4,8H2,1H3/t10-,12+,13?,16+/m1/s1. The van der Waals surface area contributed by atoms with Crippen molar-refractivity contribution in [1.29, 1.82) is 0 Å². The summed E-state index contributed by atoms with van der Waals surface area (Å²) >= 11 is 0. The predicted octanol–water partition coefficient (Wildman–Crippen LogP) is -0.535. The molecule has 0 saturated carbocycles. The van der Waals surface area contributed by atoms with E-state index in [1.807, 2.05) is 6.92 Å². The van der Waals surface area contributed by atoms with Gasteiger partial charge in [0.25, 0.3) is 5.56 Å². The molecule has 3 N–H and O–H groups in total. The monoisotopic (exact) mass is 336 g/mol. The molecule has 2 aromatic rings. The summed E-state index contributed by atoms with van der Waals surface area (Å²) in [5.74, 6) is 0.241. The van der Waals surface area contributed by atoms with Gasteiger partial charge in [0.05, 0.1) is 6.61 Å². The summed E-state index contributed by atoms with van der Waals surface area (Å²) in [6.45, 7) is 1.82. The van der Waals surface area contributed by atoms with E-state index < -0.39 is 24.6 Å². The number of aliphatic hydroxyl groups is 3. The van der Waals surface area contributed by atoms with Crippen molar-refractivity contribution in [3.63, 3.8) is 0 Å². The molecule has 2 aromatic heterocycles. The lowest BCUT2D eigenvalue weighted by molar-refractivity contribution is -0.241. The Kier molecular flexibility index (Phi) is 4.81. The van der Waals surface area contributed by atoms with Crippen LogP contribution >= 0.6 is 0 Å². The van der Waals surface area contributed by atoms with E-state index in [9.17, 15) is 20.1 Å². The molecule has 3 rings (SSSR count). The number of ether oxygens (including phenoxy) is 2. The zero-order valence-corrected chi connectivity index (χ0v) is 13.2. The molecular formula is C16H20N2O6. The second-order valence-corrected chi connectivity index (χ2v) is 5.77. The van der Waals surface area contributed by atoms with Gasteiger partial charge >= 0.3 is 0 Å². The quantitative estimate of drug-likeness (QED) is 0.687. The van der Waals surface area contributed by atoms with Gasteiger partial charge in [-0.1, -0.05) is 13.3 Å². The van der Waals surface area contributed by atoms with Gasteiger partial charge in [-0.15, -0.1) is 0 Å². The van der Waals surface area contributed by atoms with Gasteiger partial charge in [0.1, 0.15) is 18.3 Å². The van der Waals surface area contributed by atoms with Crippen LogP contribution in [0.3, 0.4) is 0 Å². The zero-order valence-electron chi connectivity index (χ0n) is 13.2. The first kappa shape index (κ1) is 16.8. The first-order valence-electron chi connectivity index (χ1n) is 7.84. The van der Waals surface area contributed by atoms with E-state index in [-0.39, 0.29) is 17.9 Å². The summed E-state index contributed by atoms with van der Waals surface area (Å²) in [7, 11) is 0. The van der Waals surface area contributed by atoms with Crippen LogP contribution in [0.2, 0.25) is 0 Å². The molecule has 0 amide bonds. The minimum absolute atomic E-state index is 0.165. The van der Waals surface area contributed by atoms with E-state index in [1.54, 1.807) is 18.3 Å². The Hall–Kier alpha value is -2.00. The summed E-state index contributed by atoms with van der Waals surface area (Å²) in [4.78, 5) is 16.7. The largest absolute Gasteiger partial charge is 0.458 e. The van der Waals surface area contributed by atoms with Crippen LogP contribution in [0.15, 0.2) is 29.3 Å². The molecule has 4 atom stereocenters. The van der Waals surface area contributed by atoms with E-state index in [1.165, 1.54) is 10.6 Å². The van der Waals surface area contributed by atoms with Crippen LogP contribution in [0.5, 0.6) is 5.75 Å². The van der Waals surface area contributed by atoms with Crippen molar-refractivity contribution in [2.24, 2.45) is 0 Å². The maximum absolute atomic E-state index is 12.4. The van der Waals surface area contributed by atoms with E-state index in [0.29, 0.717) is 17.6 Å². The van der Waals surface area contributed by atoms with Crippen molar-refractivity contribution in [2.75, 3.05) is 6.61 Å². The van der Waals surface area contributed by atoms with E-state index in [0.717, 1.165) is 6.42 Å². The lowest BCUT2D eigenvalue weighted by Gasteiger charge is -2.34. The Morgan fingerprint density at radius 3 is 2.92 bits per heavy atom. The molecule has 8 heteroatoms. The Morgan fingerprint density at radius 2 is 2.17 bits per heavy atom. The summed E-state index contributed by atoms with van der Waals surface area (Å²) in [5, 5.41) is 29.2. The highest BCUT2D eigenvalue weighted by Crippen LogP contribution is 2.23. The second kappa shape index (κ2) is 6.86. The zero-order chi connectivity index (χ0) is 17.3. The summed E-state index contributed by atoms with van der Waals surface area (Å²) in [5.41, 5.74) is 0.728. The first-order chi connectivity index (χ1) is 11.5. The van der Waals surface area contributed by atoms with Crippen LogP contribution in [0.25, 0.3) is 5.65 Å². The number of aliphatic hydroxyl groups excluding tert-OH is 3. The maximum atomic E-state index is 12.4. The van der Waals surface area contributed by atoms with Crippen LogP contribution in [-0.4, -0.2) is 55.9 Å². The van der Waals surface area contributed by atoms with Crippen LogP contribution in [0, 0.1) is 0 Å². The summed E-state index contributed by atoms with van der Waals surface area (Å²) in [6, 6.07) is 3.22. The van der Waals surface area contributed by atoms with Gasteiger partial charge in [-0.3, -0.25) is 9.20 Å². The number of aryl methyl sites for hydroxylation is 1. The average molecular weight is 336 g/mol. The number of aromatic nitrogens is 2. The molecule has 1 fully saturated rings. The lowest BCUT2D eigenvalue weighted by atomic mass is 10.1. The van der Waals surface area contributed by atoms with Crippen molar-refractivity contribution >= 4 is 5.65 Å². The third-order valence-electron chi connectivity index (χ3n) is 3.98. The minimum Gasteiger partial charge on any atom is -0.458 e. The second-order valence-electron chi connectivity index (χ2n) is 5.77. The van der Waals surface area contributed by atoms with Crippen molar-refractivity contribution in [2.45, 2.75) is 44.4 Å². The molecule has 0 bridgehead atoms. The fourth-order valence-corrected chi connectivity index (χ4v) is 2.66. The number of hydrogen-bond donors (Lipinski definition) is 3. The molecule has 1 saturated heterocycles. The third-order valence-corrected chi connectivity index (χ3v) is 3.98. The lowest BCUT2D eigenvalue weighted by Crippen LogP contribution is -2.54. The predicted molar refractivity (Wildman–Crippen MR) is 83.8 cm³/mol. The molecule has 130 valence electrons. The van der Waals surface area contributed by atoms with Crippen molar-refractivity contribution in [3.05, 3.63) is 40.4 Å². The van der Waals surface area contributed by atoms with Gasteiger partial charge in [-0.2, -0.15) is 0 Å². The first-order valence-corrected chi connectivity index (χ1v) is 7.84. The van der Waals surface area contributed by atoms with Crippen LogP contribution < -0.4 is 10.3 Å². The van der Waals surface area contributed by atoms with Crippen LogP contribution in [0.1, 0.15) is 18.9 Å². The third kappa shape index (κ3) is 3.01. The summed E-state index contributed by atoms with van der Waals surface area (Å²) < 4.78 is 12.2. The molecular weight excluding hydrogens is 316 g/mol.